The molecule has 0 saturated heterocycles. The minimum atomic E-state index is -4.18. The molecule has 176 valence electrons. The summed E-state index contributed by atoms with van der Waals surface area (Å²) in [5.41, 5.74) is 1.85. The average molecular weight is 444 g/mol. The zero-order chi connectivity index (χ0) is 23.9. The van der Waals surface area contributed by atoms with Gasteiger partial charge < -0.3 is 0 Å². The smallest absolute Gasteiger partial charge is 0.300 e. The molecule has 1 aromatic rings. The van der Waals surface area contributed by atoms with Crippen molar-refractivity contribution in [1.82, 2.24) is 0 Å². The molecule has 1 aromatic carbocycles. The summed E-state index contributed by atoms with van der Waals surface area (Å²) in [6, 6.07) is 4.67. The van der Waals surface area contributed by atoms with Crippen LogP contribution in [0, 0.1) is 23.6 Å². The summed E-state index contributed by atoms with van der Waals surface area (Å²) in [4.78, 5) is 15.1. The number of carbonyl (C=O) groups excluding carboxylic acids is 1. The molecule has 6 heteroatoms. The third kappa shape index (κ3) is 9.12. The molecule has 0 amide bonds. The molecule has 0 atom stereocenters. The van der Waals surface area contributed by atoms with E-state index in [2.05, 4.69) is 18.8 Å². The van der Waals surface area contributed by atoms with Crippen LogP contribution in [0.4, 0.5) is 23.2 Å². The molecule has 0 spiro atoms. The maximum atomic E-state index is 12.8. The number of nitrogens with zero attached hydrogens (tertiary/aromatic N) is 1. The van der Waals surface area contributed by atoms with E-state index < -0.39 is 11.6 Å². The second-order valence-electron chi connectivity index (χ2n) is 9.50. The molecule has 0 unspecified atom stereocenters. The Morgan fingerprint density at radius 3 is 1.97 bits per heavy atom. The number of hydrogen-bond donors (Lipinski definition) is 0. The number of aliphatic imine (C=N–C) groups is 1. The van der Waals surface area contributed by atoms with Gasteiger partial charge in [0.1, 0.15) is 11.6 Å². The number of Topliss-reactive ketones (excluding diaryl/α,β-unsaturated/α-hetero) is 1. The van der Waals surface area contributed by atoms with Gasteiger partial charge in [-0.1, -0.05) is 40.2 Å². The minimum absolute atomic E-state index is 0.127. The number of carbonyl (C=O) groups is 1. The molecule has 0 N–H and O–H groups in total. The van der Waals surface area contributed by atoms with Crippen LogP contribution in [-0.4, -0.2) is 17.7 Å². The topological polar surface area (TPSA) is 29.4 Å². The first-order valence-electron chi connectivity index (χ1n) is 11.1. The largest absolute Gasteiger partial charge is 0.394 e. The molecule has 2 fully saturated rings. The summed E-state index contributed by atoms with van der Waals surface area (Å²) in [6.07, 6.45) is 1.23. The van der Waals surface area contributed by atoms with Crippen LogP contribution in [0.1, 0.15) is 91.5 Å². The predicted octanol–water partition coefficient (Wildman–Crippen LogP) is 8.53. The molecule has 2 aliphatic carbocycles. The van der Waals surface area contributed by atoms with Crippen molar-refractivity contribution < 1.29 is 22.4 Å². The zero-order valence-corrected chi connectivity index (χ0v) is 19.8. The number of aryl methyl sites for hydroxylation is 1. The van der Waals surface area contributed by atoms with Crippen molar-refractivity contribution in [1.29, 1.82) is 0 Å². The minimum Gasteiger partial charge on any atom is -0.300 e. The second kappa shape index (κ2) is 11.2. The third-order valence-electron chi connectivity index (χ3n) is 6.09. The van der Waals surface area contributed by atoms with Crippen LogP contribution >= 0.6 is 0 Å². The number of ketones is 1. The summed E-state index contributed by atoms with van der Waals surface area (Å²) in [7, 11) is 0. The Bertz CT molecular complexity index is 755. The van der Waals surface area contributed by atoms with Gasteiger partial charge >= 0.3 is 6.18 Å². The number of benzene rings is 1. The quantitative estimate of drug-likeness (QED) is 0.331. The van der Waals surface area contributed by atoms with Crippen molar-refractivity contribution in [2.45, 2.75) is 99.1 Å². The van der Waals surface area contributed by atoms with E-state index in [1.54, 1.807) is 13.0 Å². The molecule has 0 heterocycles. The summed E-state index contributed by atoms with van der Waals surface area (Å²) in [5, 5.41) is 0. The van der Waals surface area contributed by atoms with Gasteiger partial charge in [0, 0.05) is 18.6 Å². The van der Waals surface area contributed by atoms with Gasteiger partial charge in [-0.05, 0) is 69.1 Å². The maximum Gasteiger partial charge on any atom is 0.394 e. The van der Waals surface area contributed by atoms with Gasteiger partial charge in [-0.25, -0.2) is 4.39 Å². The Kier molecular flexibility index (Phi) is 9.90. The first-order valence-corrected chi connectivity index (χ1v) is 11.1. The number of hydrogen-bond acceptors (Lipinski definition) is 2. The molecule has 3 rings (SSSR count). The van der Waals surface area contributed by atoms with Crippen LogP contribution in [0.5, 0.6) is 0 Å². The highest BCUT2D eigenvalue weighted by Crippen LogP contribution is 2.60. The summed E-state index contributed by atoms with van der Waals surface area (Å²) in [5.74, 6) is -0.516. The number of rotatable bonds is 5. The summed E-state index contributed by atoms with van der Waals surface area (Å²) < 4.78 is 49.6. The van der Waals surface area contributed by atoms with Crippen LogP contribution in [0.3, 0.4) is 0 Å². The molecule has 0 bridgehead atoms. The average Bonchev–Trinajstić information content (AvgIpc) is 3.45. The van der Waals surface area contributed by atoms with Crippen LogP contribution in [0.15, 0.2) is 23.2 Å². The van der Waals surface area contributed by atoms with Gasteiger partial charge in [0.15, 0.2) is 0 Å². The lowest BCUT2D eigenvalue weighted by Crippen LogP contribution is -2.26. The molecular weight excluding hydrogens is 406 g/mol. The van der Waals surface area contributed by atoms with E-state index in [4.69, 9.17) is 0 Å². The normalized spacial score (nSPS) is 18.6. The fourth-order valence-corrected chi connectivity index (χ4v) is 3.09. The van der Waals surface area contributed by atoms with E-state index >= 15 is 0 Å². The molecule has 0 aromatic heterocycles. The van der Waals surface area contributed by atoms with Crippen LogP contribution in [-0.2, 0) is 4.79 Å². The van der Waals surface area contributed by atoms with E-state index in [-0.39, 0.29) is 37.3 Å². The fraction of sp³-hybridized carbons (Fsp3) is 0.680. The second-order valence-corrected chi connectivity index (χ2v) is 9.50. The standard InChI is InChI=1S/C11H14FN.C8H11F3O.C6H12/c1-4-9(3)13-11-7-10(12)6-5-8(11)2;1-2-6(12)5-7(3-4-7)8(9,10)11;1-6(2)4-3-5-6/h5-7H,4H2,1-3H3;2-5H2,1H3;3-5H2,1-2H3. The van der Waals surface area contributed by atoms with Crippen molar-refractivity contribution in [2.75, 3.05) is 0 Å². The van der Waals surface area contributed by atoms with Crippen molar-refractivity contribution in [3.8, 4) is 0 Å². The van der Waals surface area contributed by atoms with E-state index in [9.17, 15) is 22.4 Å². The Balaban J connectivity index is 0.000000247. The fourth-order valence-electron chi connectivity index (χ4n) is 3.09. The van der Waals surface area contributed by atoms with Crippen LogP contribution in [0.2, 0.25) is 0 Å². The zero-order valence-electron chi connectivity index (χ0n) is 19.8. The van der Waals surface area contributed by atoms with Gasteiger partial charge in [-0.15, -0.1) is 0 Å². The Labute approximate surface area is 184 Å². The first kappa shape index (κ1) is 27.3. The molecule has 0 radical (unpaired) electrons. The lowest BCUT2D eigenvalue weighted by Gasteiger charge is -2.33. The monoisotopic (exact) mass is 443 g/mol. The van der Waals surface area contributed by atoms with Gasteiger partial charge in [0.05, 0.1) is 11.1 Å². The van der Waals surface area contributed by atoms with Gasteiger partial charge in [-0.3, -0.25) is 9.79 Å². The van der Waals surface area contributed by atoms with Crippen molar-refractivity contribution in [3.05, 3.63) is 29.6 Å². The van der Waals surface area contributed by atoms with Gasteiger partial charge in [0.2, 0.25) is 0 Å². The highest BCUT2D eigenvalue weighted by Gasteiger charge is 2.63. The van der Waals surface area contributed by atoms with Gasteiger partial charge in [0.25, 0.3) is 0 Å². The first-order chi connectivity index (χ1) is 14.2. The van der Waals surface area contributed by atoms with Gasteiger partial charge in [-0.2, -0.15) is 13.2 Å². The molecule has 0 aliphatic heterocycles. The number of alkyl halides is 3. The summed E-state index contributed by atoms with van der Waals surface area (Å²) in [6.45, 7) is 12.2. The van der Waals surface area contributed by atoms with Crippen molar-refractivity contribution >= 4 is 17.2 Å². The van der Waals surface area contributed by atoms with Crippen molar-refractivity contribution in [2.24, 2.45) is 15.8 Å². The molecule has 2 saturated carbocycles. The van der Waals surface area contributed by atoms with E-state index in [1.165, 1.54) is 31.4 Å². The predicted molar refractivity (Wildman–Crippen MR) is 119 cm³/mol. The van der Waals surface area contributed by atoms with Crippen molar-refractivity contribution in [3.63, 3.8) is 0 Å². The van der Waals surface area contributed by atoms with E-state index in [0.29, 0.717) is 0 Å². The molecule has 31 heavy (non-hydrogen) atoms. The highest BCUT2D eigenvalue weighted by molar-refractivity contribution is 5.84. The summed E-state index contributed by atoms with van der Waals surface area (Å²) >= 11 is 0. The number of halogens is 4. The molecule has 2 nitrogen and oxygen atoms in total. The lowest BCUT2D eigenvalue weighted by molar-refractivity contribution is -0.190. The lowest BCUT2D eigenvalue weighted by atomic mass is 9.72. The highest BCUT2D eigenvalue weighted by atomic mass is 19.4. The Hall–Kier alpha value is -1.72. The maximum absolute atomic E-state index is 12.8. The Morgan fingerprint density at radius 1 is 1.06 bits per heavy atom. The molecular formula is C25H37F4NO. The van der Waals surface area contributed by atoms with E-state index in [0.717, 1.165) is 28.8 Å². The van der Waals surface area contributed by atoms with Crippen LogP contribution < -0.4 is 0 Å². The van der Waals surface area contributed by atoms with Crippen LogP contribution in [0.25, 0.3) is 0 Å². The van der Waals surface area contributed by atoms with E-state index in [1.807, 2.05) is 20.8 Å². The SMILES string of the molecule is CC1(C)CCC1.CCC(=O)CC1(C(F)(F)F)CC1.CCC(C)=Nc1cc(F)ccc1C. The molecule has 2 aliphatic rings. The third-order valence-corrected chi connectivity index (χ3v) is 6.09. The Morgan fingerprint density at radius 2 is 1.61 bits per heavy atom.